The number of amides is 2. The Kier molecular flexibility index (Phi) is 6.82. The molecule has 136 valence electrons. The van der Waals surface area contributed by atoms with Gasteiger partial charge in [-0.25, -0.2) is 0 Å². The minimum atomic E-state index is -0.509. The number of carbonyl (C=O) groups excluding carboxylic acids is 2. The van der Waals surface area contributed by atoms with Crippen LogP contribution in [-0.2, 0) is 16.1 Å². The minimum absolute atomic E-state index is 0.109. The van der Waals surface area contributed by atoms with Crippen molar-refractivity contribution in [2.24, 2.45) is 0 Å². The zero-order valence-corrected chi connectivity index (χ0v) is 14.7. The van der Waals surface area contributed by atoms with Crippen LogP contribution in [0.5, 0.6) is 11.5 Å². The lowest BCUT2D eigenvalue weighted by molar-refractivity contribution is -0.134. The zero-order valence-electron chi connectivity index (χ0n) is 14.7. The van der Waals surface area contributed by atoms with Gasteiger partial charge in [-0.1, -0.05) is 12.1 Å². The first-order valence-electron chi connectivity index (χ1n) is 8.19. The van der Waals surface area contributed by atoms with Gasteiger partial charge in [-0.2, -0.15) is 0 Å². The van der Waals surface area contributed by atoms with Gasteiger partial charge in [-0.3, -0.25) is 14.5 Å². The first kappa shape index (κ1) is 18.8. The van der Waals surface area contributed by atoms with E-state index >= 15 is 0 Å². The summed E-state index contributed by atoms with van der Waals surface area (Å²) in [5, 5.41) is 5.54. The second-order valence-corrected chi connectivity index (χ2v) is 5.75. The third kappa shape index (κ3) is 4.96. The molecule has 7 nitrogen and oxygen atoms in total. The van der Waals surface area contributed by atoms with E-state index < -0.39 is 6.04 Å². The van der Waals surface area contributed by atoms with Crippen LogP contribution < -0.4 is 20.1 Å². The van der Waals surface area contributed by atoms with Crippen molar-refractivity contribution in [3.05, 3.63) is 36.4 Å². The quantitative estimate of drug-likeness (QED) is 0.677. The highest BCUT2D eigenvalue weighted by Crippen LogP contribution is 2.27. The van der Waals surface area contributed by atoms with Crippen LogP contribution in [0, 0.1) is 0 Å². The maximum atomic E-state index is 12.3. The van der Waals surface area contributed by atoms with E-state index in [1.165, 1.54) is 0 Å². The Balaban J connectivity index is 2.13. The molecule has 2 N–H and O–H groups in total. The van der Waals surface area contributed by atoms with E-state index in [0.29, 0.717) is 37.7 Å². The van der Waals surface area contributed by atoms with Crippen molar-refractivity contribution in [3.8, 4) is 11.5 Å². The molecule has 0 aliphatic carbocycles. The van der Waals surface area contributed by atoms with Gasteiger partial charge < -0.3 is 20.1 Å². The SMILES string of the molecule is C=CCNC(=O)C[C@@H]1C(=O)NCCN1Cc1ccc(OC)cc1OC. The van der Waals surface area contributed by atoms with Crippen LogP contribution in [-0.4, -0.2) is 56.6 Å². The molecule has 0 spiro atoms. The molecule has 2 amide bonds. The average Bonchev–Trinajstić information content (AvgIpc) is 2.63. The smallest absolute Gasteiger partial charge is 0.237 e. The Morgan fingerprint density at radius 2 is 2.24 bits per heavy atom. The van der Waals surface area contributed by atoms with Gasteiger partial charge in [0.2, 0.25) is 11.8 Å². The Labute approximate surface area is 148 Å². The predicted molar refractivity (Wildman–Crippen MR) is 94.6 cm³/mol. The molecule has 25 heavy (non-hydrogen) atoms. The number of hydrogen-bond donors (Lipinski definition) is 2. The van der Waals surface area contributed by atoms with E-state index in [2.05, 4.69) is 17.2 Å². The van der Waals surface area contributed by atoms with Gasteiger partial charge >= 0.3 is 0 Å². The molecule has 7 heteroatoms. The number of ether oxygens (including phenoxy) is 2. The van der Waals surface area contributed by atoms with Gasteiger partial charge in [-0.05, 0) is 6.07 Å². The van der Waals surface area contributed by atoms with Crippen molar-refractivity contribution in [2.45, 2.75) is 19.0 Å². The third-order valence-electron chi connectivity index (χ3n) is 4.13. The van der Waals surface area contributed by atoms with Crippen molar-refractivity contribution in [1.29, 1.82) is 0 Å². The van der Waals surface area contributed by atoms with Gasteiger partial charge in [0.05, 0.1) is 26.7 Å². The largest absolute Gasteiger partial charge is 0.497 e. The summed E-state index contributed by atoms with van der Waals surface area (Å²) in [7, 11) is 3.20. The molecule has 1 saturated heterocycles. The first-order valence-corrected chi connectivity index (χ1v) is 8.19. The Morgan fingerprint density at radius 1 is 1.44 bits per heavy atom. The molecule has 2 rings (SSSR count). The van der Waals surface area contributed by atoms with Crippen molar-refractivity contribution in [3.63, 3.8) is 0 Å². The summed E-state index contributed by atoms with van der Waals surface area (Å²) in [4.78, 5) is 26.3. The Hall–Kier alpha value is -2.54. The second-order valence-electron chi connectivity index (χ2n) is 5.75. The lowest BCUT2D eigenvalue weighted by Crippen LogP contribution is -2.56. The minimum Gasteiger partial charge on any atom is -0.497 e. The maximum Gasteiger partial charge on any atom is 0.237 e. The van der Waals surface area contributed by atoms with Crippen LogP contribution in [0.1, 0.15) is 12.0 Å². The van der Waals surface area contributed by atoms with E-state index in [1.807, 2.05) is 23.1 Å². The van der Waals surface area contributed by atoms with E-state index in [4.69, 9.17) is 9.47 Å². The average molecular weight is 347 g/mol. The van der Waals surface area contributed by atoms with E-state index in [1.54, 1.807) is 20.3 Å². The Morgan fingerprint density at radius 3 is 2.92 bits per heavy atom. The molecule has 0 radical (unpaired) electrons. The number of carbonyl (C=O) groups is 2. The van der Waals surface area contributed by atoms with Crippen LogP contribution >= 0.6 is 0 Å². The molecule has 1 heterocycles. The van der Waals surface area contributed by atoms with Crippen molar-refractivity contribution in [2.75, 3.05) is 33.9 Å². The molecule has 1 aromatic carbocycles. The molecule has 1 aliphatic heterocycles. The molecule has 1 aromatic rings. The lowest BCUT2D eigenvalue weighted by atomic mass is 10.1. The number of hydrogen-bond acceptors (Lipinski definition) is 5. The second kappa shape index (κ2) is 9.08. The zero-order chi connectivity index (χ0) is 18.2. The number of piperazine rings is 1. The molecule has 1 aliphatic rings. The summed E-state index contributed by atoms with van der Waals surface area (Å²) in [5.74, 6) is 1.10. The standard InChI is InChI=1S/C18H25N3O4/c1-4-7-19-17(22)11-15-18(23)20-8-9-21(15)12-13-5-6-14(24-2)10-16(13)25-3/h4-6,10,15H,1,7-9,11-12H2,2-3H3,(H,19,22)(H,20,23)/t15-/m1/s1. The van der Waals surface area contributed by atoms with Crippen LogP contribution in [0.4, 0.5) is 0 Å². The fraction of sp³-hybridized carbons (Fsp3) is 0.444. The fourth-order valence-electron chi connectivity index (χ4n) is 2.81. The summed E-state index contributed by atoms with van der Waals surface area (Å²) >= 11 is 0. The van der Waals surface area contributed by atoms with E-state index in [-0.39, 0.29) is 18.2 Å². The molecule has 1 fully saturated rings. The van der Waals surface area contributed by atoms with Gasteiger partial charge in [-0.15, -0.1) is 6.58 Å². The third-order valence-corrected chi connectivity index (χ3v) is 4.13. The van der Waals surface area contributed by atoms with E-state index in [0.717, 1.165) is 5.56 Å². The molecule has 0 unspecified atom stereocenters. The predicted octanol–water partition coefficient (Wildman–Crippen LogP) is 0.697. The van der Waals surface area contributed by atoms with Crippen LogP contribution in [0.3, 0.4) is 0 Å². The van der Waals surface area contributed by atoms with Crippen molar-refractivity contribution < 1.29 is 19.1 Å². The van der Waals surface area contributed by atoms with E-state index in [9.17, 15) is 9.59 Å². The number of nitrogens with zero attached hydrogens (tertiary/aromatic N) is 1. The van der Waals surface area contributed by atoms with Crippen molar-refractivity contribution in [1.82, 2.24) is 15.5 Å². The van der Waals surface area contributed by atoms with Crippen LogP contribution in [0.2, 0.25) is 0 Å². The molecular weight excluding hydrogens is 322 g/mol. The number of nitrogens with one attached hydrogen (secondary N) is 2. The molecule has 0 bridgehead atoms. The Bertz CT molecular complexity index is 633. The van der Waals surface area contributed by atoms with Gasteiger partial charge in [0, 0.05) is 37.8 Å². The molecule has 1 atom stereocenters. The first-order chi connectivity index (χ1) is 12.1. The normalized spacial score (nSPS) is 17.5. The molecular formula is C18H25N3O4. The summed E-state index contributed by atoms with van der Waals surface area (Å²) in [6.45, 7) is 5.70. The van der Waals surface area contributed by atoms with Gasteiger partial charge in [0.25, 0.3) is 0 Å². The highest BCUT2D eigenvalue weighted by molar-refractivity contribution is 5.88. The van der Waals surface area contributed by atoms with Gasteiger partial charge in [0.1, 0.15) is 11.5 Å². The highest BCUT2D eigenvalue weighted by atomic mass is 16.5. The topological polar surface area (TPSA) is 79.9 Å². The lowest BCUT2D eigenvalue weighted by Gasteiger charge is -2.35. The van der Waals surface area contributed by atoms with Gasteiger partial charge in [0.15, 0.2) is 0 Å². The number of benzene rings is 1. The molecule has 0 saturated carbocycles. The summed E-state index contributed by atoms with van der Waals surface area (Å²) in [5.41, 5.74) is 0.939. The summed E-state index contributed by atoms with van der Waals surface area (Å²) < 4.78 is 10.6. The molecule has 0 aromatic heterocycles. The fourth-order valence-corrected chi connectivity index (χ4v) is 2.81. The maximum absolute atomic E-state index is 12.3. The van der Waals surface area contributed by atoms with Crippen molar-refractivity contribution >= 4 is 11.8 Å². The number of methoxy groups -OCH3 is 2. The number of rotatable bonds is 8. The van der Waals surface area contributed by atoms with Crippen LogP contribution in [0.25, 0.3) is 0 Å². The van der Waals surface area contributed by atoms with Crippen LogP contribution in [0.15, 0.2) is 30.9 Å². The highest BCUT2D eigenvalue weighted by Gasteiger charge is 2.31. The summed E-state index contributed by atoms with van der Waals surface area (Å²) in [6.07, 6.45) is 1.72. The monoisotopic (exact) mass is 347 g/mol. The summed E-state index contributed by atoms with van der Waals surface area (Å²) in [6, 6.07) is 5.07.